The highest BCUT2D eigenvalue weighted by Gasteiger charge is 2.28. The quantitative estimate of drug-likeness (QED) is 0.857. The van der Waals surface area contributed by atoms with Gasteiger partial charge in [-0.15, -0.1) is 0 Å². The molecule has 1 aromatic rings. The Morgan fingerprint density at radius 1 is 1.15 bits per heavy atom. The lowest BCUT2D eigenvalue weighted by molar-refractivity contribution is -0.130. The lowest BCUT2D eigenvalue weighted by Crippen LogP contribution is -2.49. The Kier molecular flexibility index (Phi) is 6.54. The first-order valence-electron chi connectivity index (χ1n) is 9.55. The number of nitrogens with one attached hydrogen (secondary N) is 1. The Balaban J connectivity index is 1.47. The second-order valence-electron chi connectivity index (χ2n) is 7.41. The maximum Gasteiger partial charge on any atom is 0.234 e. The third kappa shape index (κ3) is 4.98. The van der Waals surface area contributed by atoms with Crippen LogP contribution in [0, 0.1) is 0 Å². The summed E-state index contributed by atoms with van der Waals surface area (Å²) in [7, 11) is 0. The first-order chi connectivity index (χ1) is 12.5. The summed E-state index contributed by atoms with van der Waals surface area (Å²) in [5.41, 5.74) is 1.16. The number of halogens is 1. The highest BCUT2D eigenvalue weighted by atomic mass is 35.5. The van der Waals surface area contributed by atoms with Gasteiger partial charge < -0.3 is 10.2 Å². The summed E-state index contributed by atoms with van der Waals surface area (Å²) < 4.78 is 0. The molecule has 2 heterocycles. The number of hydrogen-bond donors (Lipinski definition) is 1. The average molecular weight is 378 g/mol. The normalized spacial score (nSPS) is 21.8. The second kappa shape index (κ2) is 8.87. The third-order valence-corrected chi connectivity index (χ3v) is 5.93. The van der Waals surface area contributed by atoms with Crippen molar-refractivity contribution < 1.29 is 9.59 Å². The maximum atomic E-state index is 12.5. The van der Waals surface area contributed by atoms with Gasteiger partial charge in [0.25, 0.3) is 0 Å². The van der Waals surface area contributed by atoms with Gasteiger partial charge in [-0.25, -0.2) is 0 Å². The van der Waals surface area contributed by atoms with Crippen LogP contribution < -0.4 is 5.32 Å². The van der Waals surface area contributed by atoms with Gasteiger partial charge in [-0.05, 0) is 50.3 Å². The van der Waals surface area contributed by atoms with Crippen LogP contribution in [0.1, 0.15) is 38.2 Å². The molecule has 2 aliphatic rings. The van der Waals surface area contributed by atoms with Crippen molar-refractivity contribution >= 4 is 23.4 Å². The zero-order valence-electron chi connectivity index (χ0n) is 15.4. The minimum Gasteiger partial charge on any atom is -0.352 e. The lowest BCUT2D eigenvalue weighted by Gasteiger charge is -2.32. The molecule has 1 aromatic carbocycles. The topological polar surface area (TPSA) is 52.7 Å². The Bertz CT molecular complexity index is 644. The Morgan fingerprint density at radius 2 is 1.88 bits per heavy atom. The molecule has 1 N–H and O–H groups in total. The fraction of sp³-hybridized carbons (Fsp3) is 0.600. The van der Waals surface area contributed by atoms with Gasteiger partial charge >= 0.3 is 0 Å². The van der Waals surface area contributed by atoms with Crippen LogP contribution in [-0.2, 0) is 16.0 Å². The Hall–Kier alpha value is -1.59. The van der Waals surface area contributed by atoms with E-state index in [0.717, 1.165) is 62.3 Å². The van der Waals surface area contributed by atoms with E-state index in [1.807, 2.05) is 23.1 Å². The van der Waals surface area contributed by atoms with E-state index in [1.54, 1.807) is 6.92 Å². The smallest absolute Gasteiger partial charge is 0.234 e. The van der Waals surface area contributed by atoms with Crippen LogP contribution in [-0.4, -0.2) is 59.9 Å². The van der Waals surface area contributed by atoms with Crippen molar-refractivity contribution in [3.63, 3.8) is 0 Å². The number of carbonyl (C=O) groups is 2. The van der Waals surface area contributed by atoms with E-state index in [4.69, 9.17) is 11.6 Å². The first kappa shape index (κ1) is 19.2. The van der Waals surface area contributed by atoms with E-state index in [0.29, 0.717) is 12.6 Å². The van der Waals surface area contributed by atoms with Crippen molar-refractivity contribution in [2.24, 2.45) is 0 Å². The van der Waals surface area contributed by atoms with Crippen LogP contribution >= 0.6 is 11.6 Å². The van der Waals surface area contributed by atoms with E-state index in [9.17, 15) is 9.59 Å². The highest BCUT2D eigenvalue weighted by Crippen LogP contribution is 2.24. The van der Waals surface area contributed by atoms with Crippen molar-refractivity contribution in [1.29, 1.82) is 0 Å². The van der Waals surface area contributed by atoms with Crippen molar-refractivity contribution in [1.82, 2.24) is 15.1 Å². The van der Waals surface area contributed by atoms with Gasteiger partial charge in [0, 0.05) is 37.1 Å². The summed E-state index contributed by atoms with van der Waals surface area (Å²) >= 11 is 6.29. The molecular formula is C20H28ClN3O2. The number of likely N-dealkylation sites (tertiary alicyclic amines) is 2. The zero-order chi connectivity index (χ0) is 18.5. The summed E-state index contributed by atoms with van der Waals surface area (Å²) in [6.07, 6.45) is 4.81. The predicted molar refractivity (Wildman–Crippen MR) is 103 cm³/mol. The molecule has 26 heavy (non-hydrogen) atoms. The number of piperidine rings is 1. The van der Waals surface area contributed by atoms with Crippen molar-refractivity contribution in [2.45, 2.75) is 51.1 Å². The molecule has 2 aliphatic heterocycles. The maximum absolute atomic E-state index is 12.5. The van der Waals surface area contributed by atoms with Crippen LogP contribution in [0.4, 0.5) is 0 Å². The first-order valence-corrected chi connectivity index (χ1v) is 9.93. The SMILES string of the molecule is CC(=O)N1CCC(NC(=O)CN2CCC[C@@H]2Cc2ccccc2Cl)CC1. The van der Waals surface area contributed by atoms with E-state index < -0.39 is 0 Å². The lowest BCUT2D eigenvalue weighted by atomic mass is 10.0. The zero-order valence-corrected chi connectivity index (χ0v) is 16.2. The molecule has 0 saturated carbocycles. The molecule has 0 spiro atoms. The average Bonchev–Trinajstić information content (AvgIpc) is 3.04. The van der Waals surface area contributed by atoms with Gasteiger partial charge in [-0.1, -0.05) is 29.8 Å². The molecule has 2 amide bonds. The number of amides is 2. The largest absolute Gasteiger partial charge is 0.352 e. The molecule has 0 unspecified atom stereocenters. The highest BCUT2D eigenvalue weighted by molar-refractivity contribution is 6.31. The van der Waals surface area contributed by atoms with Crippen LogP contribution in [0.5, 0.6) is 0 Å². The molecule has 2 fully saturated rings. The molecule has 6 heteroatoms. The summed E-state index contributed by atoms with van der Waals surface area (Å²) in [6, 6.07) is 8.52. The molecule has 0 aliphatic carbocycles. The summed E-state index contributed by atoms with van der Waals surface area (Å²) in [6.45, 7) is 4.48. The van der Waals surface area contributed by atoms with Gasteiger partial charge in [0.15, 0.2) is 0 Å². The summed E-state index contributed by atoms with van der Waals surface area (Å²) in [5, 5.41) is 3.96. The monoisotopic (exact) mass is 377 g/mol. The van der Waals surface area contributed by atoms with Gasteiger partial charge in [-0.2, -0.15) is 0 Å². The van der Waals surface area contributed by atoms with Crippen LogP contribution in [0.2, 0.25) is 5.02 Å². The molecule has 5 nitrogen and oxygen atoms in total. The third-order valence-electron chi connectivity index (χ3n) is 5.56. The van der Waals surface area contributed by atoms with E-state index in [2.05, 4.69) is 16.3 Å². The number of nitrogens with zero attached hydrogens (tertiary/aromatic N) is 2. The fourth-order valence-electron chi connectivity index (χ4n) is 4.05. The molecular weight excluding hydrogens is 350 g/mol. The Morgan fingerprint density at radius 3 is 2.58 bits per heavy atom. The van der Waals surface area contributed by atoms with Gasteiger partial charge in [0.1, 0.15) is 0 Å². The number of hydrogen-bond acceptors (Lipinski definition) is 3. The van der Waals surface area contributed by atoms with Gasteiger partial charge in [-0.3, -0.25) is 14.5 Å². The fourth-order valence-corrected chi connectivity index (χ4v) is 4.26. The Labute approximate surface area is 160 Å². The standard InChI is InChI=1S/C20H28ClN3O2/c1-15(25)23-11-8-17(9-12-23)22-20(26)14-24-10-4-6-18(24)13-16-5-2-3-7-19(16)21/h2-3,5,7,17-18H,4,6,8-14H2,1H3,(H,22,26)/t18-/m1/s1. The van der Waals surface area contributed by atoms with E-state index in [-0.39, 0.29) is 17.9 Å². The summed E-state index contributed by atoms with van der Waals surface area (Å²) in [4.78, 5) is 28.0. The molecule has 142 valence electrons. The van der Waals surface area contributed by atoms with E-state index >= 15 is 0 Å². The van der Waals surface area contributed by atoms with Crippen LogP contribution in [0.25, 0.3) is 0 Å². The minimum absolute atomic E-state index is 0.0948. The van der Waals surface area contributed by atoms with E-state index in [1.165, 1.54) is 0 Å². The number of rotatable bonds is 5. The summed E-state index contributed by atoms with van der Waals surface area (Å²) in [5.74, 6) is 0.214. The molecule has 3 rings (SSSR count). The molecule has 0 aromatic heterocycles. The molecule has 0 bridgehead atoms. The van der Waals surface area contributed by atoms with Crippen LogP contribution in [0.3, 0.4) is 0 Å². The predicted octanol–water partition coefficient (Wildman–Crippen LogP) is 2.47. The van der Waals surface area contributed by atoms with Crippen LogP contribution in [0.15, 0.2) is 24.3 Å². The van der Waals surface area contributed by atoms with Gasteiger partial charge in [0.05, 0.1) is 6.54 Å². The number of carbonyl (C=O) groups excluding carboxylic acids is 2. The van der Waals surface area contributed by atoms with Crippen molar-refractivity contribution in [3.8, 4) is 0 Å². The number of benzene rings is 1. The molecule has 0 radical (unpaired) electrons. The molecule has 2 saturated heterocycles. The van der Waals surface area contributed by atoms with Crippen molar-refractivity contribution in [3.05, 3.63) is 34.9 Å². The van der Waals surface area contributed by atoms with Crippen molar-refractivity contribution in [2.75, 3.05) is 26.2 Å². The molecule has 1 atom stereocenters. The van der Waals surface area contributed by atoms with Gasteiger partial charge in [0.2, 0.25) is 11.8 Å². The second-order valence-corrected chi connectivity index (χ2v) is 7.82. The minimum atomic E-state index is 0.0948.